The third kappa shape index (κ3) is 30.9. The summed E-state index contributed by atoms with van der Waals surface area (Å²) in [4.78, 5) is 26.4. The van der Waals surface area contributed by atoms with Crippen LogP contribution in [0.25, 0.3) is 0 Å². The number of rotatable bonds is 0. The molecule has 462 valence electrons. The van der Waals surface area contributed by atoms with Gasteiger partial charge in [-0.15, -0.1) is 24.5 Å². The SMILES string of the molecule is Cc1cc(C)c(C)nn1.Cc1ccc(C)n1C(F)(F)F.Cc1ccc(C)o1.Cc1ccc(C)s1.Cc1ccnnc1C.Cc1cnnc(C)c1C.Cc1cnncc1C.Cc1nc(C)nc(C)n1.Cc1ncnc(C)n1.Cc1nnc(C)c(C)c1C. The molecule has 22 heteroatoms. The van der Waals surface area contributed by atoms with E-state index < -0.39 is 6.30 Å². The van der Waals surface area contributed by atoms with Gasteiger partial charge in [-0.1, -0.05) is 0 Å². The van der Waals surface area contributed by atoms with Crippen LogP contribution in [0.4, 0.5) is 13.2 Å². The van der Waals surface area contributed by atoms with Gasteiger partial charge in [0.05, 0.1) is 52.8 Å². The van der Waals surface area contributed by atoms with Crippen molar-refractivity contribution in [3.63, 3.8) is 0 Å². The van der Waals surface area contributed by atoms with Crippen molar-refractivity contribution in [2.45, 2.75) is 179 Å². The molecule has 10 aromatic heterocycles. The summed E-state index contributed by atoms with van der Waals surface area (Å²) in [6.07, 6.45) is 4.23. The number of thiophene rings is 1. The van der Waals surface area contributed by atoms with Crippen LogP contribution in [-0.2, 0) is 6.30 Å². The number of hydrogen-bond donors (Lipinski definition) is 0. The van der Waals surface area contributed by atoms with Crippen LogP contribution in [0.2, 0.25) is 0 Å². The van der Waals surface area contributed by atoms with Crippen molar-refractivity contribution in [3.8, 4) is 0 Å². The molecule has 0 amide bonds. The van der Waals surface area contributed by atoms with Gasteiger partial charge in [-0.2, -0.15) is 51.0 Å². The molecule has 0 saturated carbocycles. The van der Waals surface area contributed by atoms with E-state index in [4.69, 9.17) is 4.42 Å². The Morgan fingerprint density at radius 3 is 1.05 bits per heavy atom. The van der Waals surface area contributed by atoms with Gasteiger partial charge >= 0.3 is 6.30 Å². The molecule has 0 aliphatic heterocycles. The van der Waals surface area contributed by atoms with E-state index in [0.29, 0.717) is 4.57 Å². The number of halogens is 3. The van der Waals surface area contributed by atoms with Gasteiger partial charge in [-0.25, -0.2) is 29.9 Å². The maximum Gasteiger partial charge on any atom is 0.488 e. The molecule has 0 unspecified atom stereocenters. The summed E-state index contributed by atoms with van der Waals surface area (Å²) >= 11 is 1.84. The lowest BCUT2D eigenvalue weighted by atomic mass is 10.1. The number of aryl methyl sites for hydroxylation is 22. The summed E-state index contributed by atoms with van der Waals surface area (Å²) in [5.74, 6) is 5.89. The van der Waals surface area contributed by atoms with Crippen molar-refractivity contribution < 1.29 is 17.6 Å². The molecule has 0 fully saturated rings. The summed E-state index contributed by atoms with van der Waals surface area (Å²) in [7, 11) is 0. The average Bonchev–Trinajstić information content (AvgIpc) is 2.98. The Kier molecular flexibility index (Phi) is 33.7. The Morgan fingerprint density at radius 2 is 0.767 bits per heavy atom. The van der Waals surface area contributed by atoms with Gasteiger partial charge in [-0.3, -0.25) is 4.57 Å². The van der Waals surface area contributed by atoms with Gasteiger partial charge in [0.15, 0.2) is 0 Å². The smallest absolute Gasteiger partial charge is 0.467 e. The standard InChI is InChI=1S/C8H12N2.C7H8F3N.2C7H10N2.C6H9N3.2C6H8N2.C6H8O.C6H8S.C5H7N3/c1-5-6(2)8(4)10-9-7(5)3;1-5-3-4-6(2)11(5)7(8,9)10;1-5-4-8-9-7(3)6(5)2;1-5-4-6(2)8-9-7(5)3;1-4-7-5(2)9-6(3)8-4;1-5-3-7-8-4-6(5)2;1-5-3-4-7-8-6(5)2;2*1-5-3-4-6(2)7-5;1-4-6-3-7-5(2)8-4/h1-4H3;3-4H,1-2H3;2*4H,1-3H3;1-3H3;2*3-4H,1-2H3;2*3-4H,1-2H3;3H,1-2H3. The Labute approximate surface area is 511 Å². The van der Waals surface area contributed by atoms with Crippen LogP contribution in [0, 0.1) is 173 Å². The first kappa shape index (κ1) is 75.5. The van der Waals surface area contributed by atoms with Crippen LogP contribution < -0.4 is 0 Å². The minimum atomic E-state index is -4.28. The zero-order chi connectivity index (χ0) is 65.4. The fourth-order valence-electron chi connectivity index (χ4n) is 6.54. The first-order chi connectivity index (χ1) is 40.1. The molecule has 0 bridgehead atoms. The second-order valence-corrected chi connectivity index (χ2v) is 21.5. The second-order valence-electron chi connectivity index (χ2n) is 20.1. The van der Waals surface area contributed by atoms with Crippen molar-refractivity contribution >= 4 is 11.3 Å². The van der Waals surface area contributed by atoms with Crippen LogP contribution in [0.1, 0.15) is 140 Å². The highest BCUT2D eigenvalue weighted by molar-refractivity contribution is 7.11. The summed E-state index contributed by atoms with van der Waals surface area (Å²) in [5, 5.41) is 38.4. The van der Waals surface area contributed by atoms with Crippen molar-refractivity contribution in [1.82, 2.24) is 85.5 Å². The minimum Gasteiger partial charge on any atom is -0.467 e. The van der Waals surface area contributed by atoms with Gasteiger partial charge < -0.3 is 4.42 Å². The van der Waals surface area contributed by atoms with Gasteiger partial charge in [0.25, 0.3) is 0 Å². The molecule has 10 rings (SSSR count). The largest absolute Gasteiger partial charge is 0.488 e. The number of nitrogens with zero attached hydrogens (tertiary/aromatic N) is 17. The van der Waals surface area contributed by atoms with Crippen molar-refractivity contribution in [2.24, 2.45) is 0 Å². The summed E-state index contributed by atoms with van der Waals surface area (Å²) < 4.78 is 41.8. The van der Waals surface area contributed by atoms with Crippen LogP contribution in [-0.4, -0.2) is 85.5 Å². The third-order valence-electron chi connectivity index (χ3n) is 12.4. The monoisotopic (exact) mass is 1200 g/mol. The molecule has 10 aromatic rings. The van der Waals surface area contributed by atoms with E-state index in [9.17, 15) is 13.2 Å². The molecule has 18 nitrogen and oxygen atoms in total. The van der Waals surface area contributed by atoms with E-state index in [1.54, 1.807) is 24.8 Å². The summed E-state index contributed by atoms with van der Waals surface area (Å²) in [5.41, 5.74) is 16.3. The predicted molar refractivity (Wildman–Crippen MR) is 337 cm³/mol. The molecule has 0 N–H and O–H groups in total. The maximum absolute atomic E-state index is 12.1. The fourth-order valence-corrected chi connectivity index (χ4v) is 7.32. The highest BCUT2D eigenvalue weighted by atomic mass is 32.1. The van der Waals surface area contributed by atoms with E-state index in [-0.39, 0.29) is 11.4 Å². The zero-order valence-electron chi connectivity index (χ0n) is 55.1. The van der Waals surface area contributed by atoms with Crippen molar-refractivity contribution in [2.75, 3.05) is 0 Å². The van der Waals surface area contributed by atoms with Crippen molar-refractivity contribution in [3.05, 3.63) is 220 Å². The molecule has 0 saturated heterocycles. The summed E-state index contributed by atoms with van der Waals surface area (Å²) in [6.45, 7) is 48.4. The lowest BCUT2D eigenvalue weighted by Gasteiger charge is -2.12. The summed E-state index contributed by atoms with van der Waals surface area (Å²) in [6, 6.07) is 15.1. The molecule has 0 spiro atoms. The number of aromatic nitrogens is 17. The number of alkyl halides is 3. The van der Waals surface area contributed by atoms with Crippen molar-refractivity contribution in [1.29, 1.82) is 0 Å². The Balaban J connectivity index is 0.000000479. The molecule has 0 atom stereocenters. The predicted octanol–water partition coefficient (Wildman–Crippen LogP) is 14.8. The molecular weight excluding hydrogens is 1110 g/mol. The molecular formula is C64H88F3N17OS. The number of hydrogen-bond acceptors (Lipinski definition) is 18. The molecule has 0 aromatic carbocycles. The quantitative estimate of drug-likeness (QED) is 0.138. The normalized spacial score (nSPS) is 9.86. The second kappa shape index (κ2) is 38.4. The number of furan rings is 1. The molecule has 0 aliphatic rings. The van der Waals surface area contributed by atoms with Crippen LogP contribution >= 0.6 is 11.3 Å². The molecule has 86 heavy (non-hydrogen) atoms. The van der Waals surface area contributed by atoms with E-state index >= 15 is 0 Å². The van der Waals surface area contributed by atoms with Crippen LogP contribution in [0.15, 0.2) is 84.1 Å². The van der Waals surface area contributed by atoms with Gasteiger partial charge in [0.2, 0.25) is 0 Å². The highest BCUT2D eigenvalue weighted by Gasteiger charge is 2.32. The lowest BCUT2D eigenvalue weighted by molar-refractivity contribution is -0.205. The average molecular weight is 1200 g/mol. The van der Waals surface area contributed by atoms with E-state index in [1.165, 1.54) is 86.6 Å². The Hall–Kier alpha value is -8.53. The van der Waals surface area contributed by atoms with E-state index in [1.807, 2.05) is 160 Å². The minimum absolute atomic E-state index is 0.218. The lowest BCUT2D eigenvalue weighted by Crippen LogP contribution is -2.19. The molecule has 10 heterocycles. The maximum atomic E-state index is 12.1. The molecule has 0 aliphatic carbocycles. The Bertz CT molecular complexity index is 3300. The first-order valence-electron chi connectivity index (χ1n) is 27.5. The zero-order valence-corrected chi connectivity index (χ0v) is 55.9. The Morgan fingerprint density at radius 1 is 0.372 bits per heavy atom. The van der Waals surface area contributed by atoms with E-state index in [2.05, 4.69) is 128 Å². The van der Waals surface area contributed by atoms with Gasteiger partial charge in [0, 0.05) is 27.3 Å². The third-order valence-corrected chi connectivity index (χ3v) is 13.3. The first-order valence-corrected chi connectivity index (χ1v) is 28.3. The van der Waals surface area contributed by atoms with Gasteiger partial charge in [0.1, 0.15) is 47.0 Å². The topological polar surface area (TPSA) is 224 Å². The van der Waals surface area contributed by atoms with E-state index in [0.717, 1.165) is 74.8 Å². The van der Waals surface area contributed by atoms with Crippen LogP contribution in [0.5, 0.6) is 0 Å². The van der Waals surface area contributed by atoms with Gasteiger partial charge in [-0.05, 0) is 266 Å². The highest BCUT2D eigenvalue weighted by Crippen LogP contribution is 2.26. The molecule has 0 radical (unpaired) electrons. The fraction of sp³-hybridized carbons (Fsp3) is 0.406. The van der Waals surface area contributed by atoms with Crippen LogP contribution in [0.3, 0.4) is 0 Å².